The molecule has 0 amide bonds. The van der Waals surface area contributed by atoms with Gasteiger partial charge in [-0.25, -0.2) is 0 Å². The van der Waals surface area contributed by atoms with E-state index in [1.807, 2.05) is 6.07 Å². The average molecular weight is 288 g/mol. The monoisotopic (exact) mass is 287 g/mol. The number of nitrogens with zero attached hydrogens (tertiary/aromatic N) is 1. The highest BCUT2D eigenvalue weighted by Gasteiger charge is 2.15. The standard InChI is InChI=1S/C11H14BrNO3/c1-16-7-6-10(12)8-9-4-2-3-5-11(9)13(14)15/h2-5,10H,6-8H2,1H3. The van der Waals surface area contributed by atoms with Crippen LogP contribution in [0.5, 0.6) is 0 Å². The average Bonchev–Trinajstić information content (AvgIpc) is 2.27. The summed E-state index contributed by atoms with van der Waals surface area (Å²) in [7, 11) is 1.64. The van der Waals surface area contributed by atoms with Gasteiger partial charge in [-0.2, -0.15) is 0 Å². The first kappa shape index (κ1) is 13.1. The third-order valence-corrected chi connectivity index (χ3v) is 3.05. The van der Waals surface area contributed by atoms with Crippen molar-refractivity contribution in [2.75, 3.05) is 13.7 Å². The van der Waals surface area contributed by atoms with Crippen LogP contribution in [0.2, 0.25) is 0 Å². The molecule has 0 saturated heterocycles. The second-order valence-corrected chi connectivity index (χ2v) is 4.76. The molecule has 0 aromatic heterocycles. The number of halogens is 1. The first-order valence-corrected chi connectivity index (χ1v) is 5.92. The molecule has 0 aliphatic carbocycles. The molecule has 4 nitrogen and oxygen atoms in total. The number of hydrogen-bond donors (Lipinski definition) is 0. The Hall–Kier alpha value is -0.940. The zero-order valence-electron chi connectivity index (χ0n) is 9.06. The number of nitro groups is 1. The minimum atomic E-state index is -0.342. The van der Waals surface area contributed by atoms with E-state index in [1.54, 1.807) is 19.2 Å². The fourth-order valence-electron chi connectivity index (χ4n) is 1.45. The zero-order valence-corrected chi connectivity index (χ0v) is 10.6. The first-order chi connectivity index (χ1) is 7.65. The molecule has 0 N–H and O–H groups in total. The van der Waals surface area contributed by atoms with Gasteiger partial charge < -0.3 is 4.74 Å². The van der Waals surface area contributed by atoms with Gasteiger partial charge in [0.1, 0.15) is 0 Å². The Morgan fingerprint density at radius 3 is 2.81 bits per heavy atom. The molecule has 0 fully saturated rings. The van der Waals surface area contributed by atoms with E-state index in [1.165, 1.54) is 6.07 Å². The van der Waals surface area contributed by atoms with Crippen molar-refractivity contribution in [2.45, 2.75) is 17.7 Å². The van der Waals surface area contributed by atoms with Crippen LogP contribution >= 0.6 is 15.9 Å². The van der Waals surface area contributed by atoms with E-state index >= 15 is 0 Å². The predicted molar refractivity (Wildman–Crippen MR) is 66.0 cm³/mol. The van der Waals surface area contributed by atoms with Gasteiger partial charge in [0.15, 0.2) is 0 Å². The lowest BCUT2D eigenvalue weighted by atomic mass is 10.1. The molecule has 16 heavy (non-hydrogen) atoms. The van der Waals surface area contributed by atoms with Crippen LogP contribution < -0.4 is 0 Å². The minimum absolute atomic E-state index is 0.185. The van der Waals surface area contributed by atoms with Gasteiger partial charge in [-0.05, 0) is 12.8 Å². The van der Waals surface area contributed by atoms with Crippen molar-refractivity contribution in [2.24, 2.45) is 0 Å². The lowest BCUT2D eigenvalue weighted by molar-refractivity contribution is -0.385. The third-order valence-electron chi connectivity index (χ3n) is 2.26. The fourth-order valence-corrected chi connectivity index (χ4v) is 1.98. The summed E-state index contributed by atoms with van der Waals surface area (Å²) in [5.41, 5.74) is 0.940. The molecule has 1 unspecified atom stereocenters. The van der Waals surface area contributed by atoms with Crippen LogP contribution in [0.15, 0.2) is 24.3 Å². The van der Waals surface area contributed by atoms with Crippen LogP contribution in [0.25, 0.3) is 0 Å². The van der Waals surface area contributed by atoms with Crippen LogP contribution in [-0.2, 0) is 11.2 Å². The number of hydrogen-bond acceptors (Lipinski definition) is 3. The number of alkyl halides is 1. The van der Waals surface area contributed by atoms with Crippen LogP contribution in [-0.4, -0.2) is 23.5 Å². The van der Waals surface area contributed by atoms with Crippen molar-refractivity contribution < 1.29 is 9.66 Å². The molecule has 1 rings (SSSR count). The number of nitro benzene ring substituents is 1. The Morgan fingerprint density at radius 2 is 2.19 bits per heavy atom. The van der Waals surface area contributed by atoms with Crippen molar-refractivity contribution in [1.29, 1.82) is 0 Å². The highest BCUT2D eigenvalue weighted by Crippen LogP contribution is 2.22. The molecule has 0 heterocycles. The molecule has 0 spiro atoms. The van der Waals surface area contributed by atoms with E-state index in [9.17, 15) is 10.1 Å². The molecule has 1 aromatic carbocycles. The molecule has 0 aliphatic heterocycles. The second-order valence-electron chi connectivity index (χ2n) is 3.47. The third kappa shape index (κ3) is 3.90. The van der Waals surface area contributed by atoms with Gasteiger partial charge in [0.25, 0.3) is 5.69 Å². The lowest BCUT2D eigenvalue weighted by Gasteiger charge is -2.09. The molecule has 0 bridgehead atoms. The summed E-state index contributed by atoms with van der Waals surface area (Å²) in [5, 5.41) is 10.8. The predicted octanol–water partition coefficient (Wildman–Crippen LogP) is 2.94. The molecule has 1 atom stereocenters. The fraction of sp³-hybridized carbons (Fsp3) is 0.455. The number of rotatable bonds is 6. The molecule has 1 aromatic rings. The van der Waals surface area contributed by atoms with Gasteiger partial charge in [-0.15, -0.1) is 0 Å². The SMILES string of the molecule is COCCC(Br)Cc1ccccc1[N+](=O)[O-]. The van der Waals surface area contributed by atoms with Crippen LogP contribution in [0.1, 0.15) is 12.0 Å². The minimum Gasteiger partial charge on any atom is -0.385 e. The number of ether oxygens (including phenoxy) is 1. The molecule has 88 valence electrons. The Kier molecular flexibility index (Phi) is 5.42. The van der Waals surface area contributed by atoms with Crippen molar-refractivity contribution in [3.05, 3.63) is 39.9 Å². The van der Waals surface area contributed by atoms with Crippen molar-refractivity contribution in [1.82, 2.24) is 0 Å². The quantitative estimate of drug-likeness (QED) is 0.459. The van der Waals surface area contributed by atoms with E-state index in [2.05, 4.69) is 15.9 Å². The van der Waals surface area contributed by atoms with Crippen LogP contribution in [0, 0.1) is 10.1 Å². The van der Waals surface area contributed by atoms with E-state index in [4.69, 9.17) is 4.74 Å². The zero-order chi connectivity index (χ0) is 12.0. The molecular formula is C11H14BrNO3. The number of benzene rings is 1. The largest absolute Gasteiger partial charge is 0.385 e. The van der Waals surface area contributed by atoms with Crippen molar-refractivity contribution in [3.8, 4) is 0 Å². The lowest BCUT2D eigenvalue weighted by Crippen LogP contribution is -2.08. The Balaban J connectivity index is 2.69. The summed E-state index contributed by atoms with van der Waals surface area (Å²) in [6.45, 7) is 0.649. The summed E-state index contributed by atoms with van der Waals surface area (Å²) in [4.78, 5) is 10.6. The maximum atomic E-state index is 10.8. The topological polar surface area (TPSA) is 52.4 Å². The van der Waals surface area contributed by atoms with Gasteiger partial charge in [0, 0.05) is 30.2 Å². The molecule has 0 saturated carbocycles. The van der Waals surface area contributed by atoms with Gasteiger partial charge in [0.05, 0.1) is 4.92 Å². The van der Waals surface area contributed by atoms with Gasteiger partial charge in [0.2, 0.25) is 0 Å². The maximum Gasteiger partial charge on any atom is 0.272 e. The summed E-state index contributed by atoms with van der Waals surface area (Å²) >= 11 is 3.50. The summed E-state index contributed by atoms with van der Waals surface area (Å²) < 4.78 is 4.96. The van der Waals surface area contributed by atoms with Gasteiger partial charge in [-0.3, -0.25) is 10.1 Å². The Labute approximate surface area is 103 Å². The van der Waals surface area contributed by atoms with Crippen molar-refractivity contribution >= 4 is 21.6 Å². The highest BCUT2D eigenvalue weighted by atomic mass is 79.9. The molecule has 0 aliphatic rings. The van der Waals surface area contributed by atoms with E-state index in [-0.39, 0.29) is 15.4 Å². The normalized spacial score (nSPS) is 12.4. The van der Waals surface area contributed by atoms with E-state index < -0.39 is 0 Å². The smallest absolute Gasteiger partial charge is 0.272 e. The van der Waals surface area contributed by atoms with Gasteiger partial charge in [-0.1, -0.05) is 34.1 Å². The summed E-state index contributed by atoms with van der Waals surface area (Å²) in [6, 6.07) is 6.82. The Bertz CT molecular complexity index is 357. The summed E-state index contributed by atoms with van der Waals surface area (Å²) in [6.07, 6.45) is 1.48. The maximum absolute atomic E-state index is 10.8. The van der Waals surface area contributed by atoms with E-state index in [0.29, 0.717) is 13.0 Å². The van der Waals surface area contributed by atoms with Crippen LogP contribution in [0.4, 0.5) is 5.69 Å². The van der Waals surface area contributed by atoms with Gasteiger partial charge >= 0.3 is 0 Å². The Morgan fingerprint density at radius 1 is 1.50 bits per heavy atom. The van der Waals surface area contributed by atoms with E-state index in [0.717, 1.165) is 12.0 Å². The van der Waals surface area contributed by atoms with Crippen molar-refractivity contribution in [3.63, 3.8) is 0 Å². The molecule has 5 heteroatoms. The van der Waals surface area contributed by atoms with Crippen LogP contribution in [0.3, 0.4) is 0 Å². The molecular weight excluding hydrogens is 274 g/mol. The second kappa shape index (κ2) is 6.60. The molecule has 0 radical (unpaired) electrons. The highest BCUT2D eigenvalue weighted by molar-refractivity contribution is 9.09. The first-order valence-electron chi connectivity index (χ1n) is 5.00. The number of para-hydroxylation sites is 1. The number of methoxy groups -OCH3 is 1. The summed E-state index contributed by atoms with van der Waals surface area (Å²) in [5.74, 6) is 0.